The number of nitrogens with zero attached hydrogens (tertiary/aromatic N) is 6. The zero-order valence-electron chi connectivity index (χ0n) is 30.2. The number of hydrogen-bond donors (Lipinski definition) is 0. The van der Waals surface area contributed by atoms with Crippen LogP contribution in [-0.4, -0.2) is 29.1 Å². The second-order valence-corrected chi connectivity index (χ2v) is 13.9. The summed E-state index contributed by atoms with van der Waals surface area (Å²) in [6.45, 7) is 0. The third kappa shape index (κ3) is 5.27. The van der Waals surface area contributed by atoms with Crippen molar-refractivity contribution in [3.05, 3.63) is 194 Å². The van der Waals surface area contributed by atoms with Gasteiger partial charge in [-0.05, 0) is 65.7 Å². The molecule has 6 nitrogen and oxygen atoms in total. The number of aromatic nitrogens is 6. The van der Waals surface area contributed by atoms with Gasteiger partial charge in [-0.25, -0.2) is 19.9 Å². The minimum atomic E-state index is 0.618. The summed E-state index contributed by atoms with van der Waals surface area (Å²) in [5.74, 6) is 1.89. The fraction of sp³-hybridized carbons (Fsp3) is 0. The molecule has 11 rings (SSSR count). The van der Waals surface area contributed by atoms with Gasteiger partial charge in [-0.3, -0.25) is 4.57 Å². The Balaban J connectivity index is 1.15. The molecule has 0 aliphatic carbocycles. The van der Waals surface area contributed by atoms with Crippen LogP contribution in [0.3, 0.4) is 0 Å². The fourth-order valence-electron chi connectivity index (χ4n) is 7.99. The third-order valence-electron chi connectivity index (χ3n) is 10.6. The molecule has 262 valence electrons. The average molecular weight is 717 g/mol. The maximum absolute atomic E-state index is 5.07. The van der Waals surface area contributed by atoms with E-state index < -0.39 is 0 Å². The van der Waals surface area contributed by atoms with E-state index in [1.54, 1.807) is 0 Å². The number of fused-ring (bicyclic) bond motifs is 6. The molecule has 0 atom stereocenters. The Kier molecular flexibility index (Phi) is 7.38. The first-order chi connectivity index (χ1) is 27.8. The first kappa shape index (κ1) is 31.8. The number of rotatable bonds is 6. The minimum absolute atomic E-state index is 0.618. The van der Waals surface area contributed by atoms with Crippen LogP contribution in [0.5, 0.6) is 0 Å². The van der Waals surface area contributed by atoms with E-state index in [1.165, 1.54) is 16.5 Å². The molecule has 0 bridgehead atoms. The molecule has 0 aliphatic rings. The highest BCUT2D eigenvalue weighted by Crippen LogP contribution is 2.38. The van der Waals surface area contributed by atoms with Crippen molar-refractivity contribution in [2.24, 2.45) is 0 Å². The molecule has 0 amide bonds. The summed E-state index contributed by atoms with van der Waals surface area (Å²) in [6.07, 6.45) is 1.87. The lowest BCUT2D eigenvalue weighted by molar-refractivity contribution is 1.07. The van der Waals surface area contributed by atoms with E-state index in [0.29, 0.717) is 17.5 Å². The number of para-hydroxylation sites is 1. The monoisotopic (exact) mass is 716 g/mol. The third-order valence-corrected chi connectivity index (χ3v) is 10.6. The first-order valence-electron chi connectivity index (χ1n) is 18.7. The Morgan fingerprint density at radius 2 is 0.821 bits per heavy atom. The number of benzene rings is 7. The van der Waals surface area contributed by atoms with Crippen LogP contribution in [0, 0.1) is 0 Å². The first-order valence-corrected chi connectivity index (χ1v) is 18.7. The van der Waals surface area contributed by atoms with Gasteiger partial charge in [0.2, 0.25) is 0 Å². The maximum Gasteiger partial charge on any atom is 0.164 e. The van der Waals surface area contributed by atoms with Crippen LogP contribution in [0.1, 0.15) is 0 Å². The van der Waals surface area contributed by atoms with Gasteiger partial charge in [0.1, 0.15) is 5.65 Å². The Morgan fingerprint density at radius 1 is 0.304 bits per heavy atom. The highest BCUT2D eigenvalue weighted by Gasteiger charge is 2.19. The summed E-state index contributed by atoms with van der Waals surface area (Å²) in [5.41, 5.74) is 11.5. The predicted molar refractivity (Wildman–Crippen MR) is 228 cm³/mol. The quantitative estimate of drug-likeness (QED) is 0.172. The summed E-state index contributed by atoms with van der Waals surface area (Å²) in [7, 11) is 0. The van der Waals surface area contributed by atoms with E-state index in [9.17, 15) is 0 Å². The van der Waals surface area contributed by atoms with Crippen molar-refractivity contribution in [1.29, 1.82) is 0 Å². The molecule has 0 fully saturated rings. The molecular formula is C50H32N6. The molecule has 0 saturated carbocycles. The lowest BCUT2D eigenvalue weighted by atomic mass is 10.1. The summed E-state index contributed by atoms with van der Waals surface area (Å²) in [6, 6.07) is 65.6. The van der Waals surface area contributed by atoms with Crippen molar-refractivity contribution < 1.29 is 0 Å². The van der Waals surface area contributed by atoms with Crippen molar-refractivity contribution >= 4 is 43.7 Å². The van der Waals surface area contributed by atoms with Crippen LogP contribution in [0.25, 0.3) is 100 Å². The van der Waals surface area contributed by atoms with Gasteiger partial charge in [0.15, 0.2) is 17.5 Å². The van der Waals surface area contributed by atoms with Crippen LogP contribution < -0.4 is 0 Å². The predicted octanol–water partition coefficient (Wildman–Crippen LogP) is 12.1. The summed E-state index contributed by atoms with van der Waals surface area (Å²) in [4.78, 5) is 19.9. The summed E-state index contributed by atoms with van der Waals surface area (Å²) < 4.78 is 4.63. The van der Waals surface area contributed by atoms with Gasteiger partial charge in [-0.2, -0.15) is 0 Å². The smallest absolute Gasteiger partial charge is 0.164 e. The van der Waals surface area contributed by atoms with E-state index in [4.69, 9.17) is 19.9 Å². The zero-order valence-corrected chi connectivity index (χ0v) is 30.2. The van der Waals surface area contributed by atoms with Crippen LogP contribution >= 0.6 is 0 Å². The molecule has 0 aliphatic heterocycles. The van der Waals surface area contributed by atoms with Crippen LogP contribution in [-0.2, 0) is 0 Å². The average Bonchev–Trinajstić information content (AvgIpc) is 3.79. The van der Waals surface area contributed by atoms with Crippen molar-refractivity contribution in [1.82, 2.24) is 29.1 Å². The Bertz CT molecular complexity index is 3110. The van der Waals surface area contributed by atoms with Crippen LogP contribution in [0.15, 0.2) is 194 Å². The largest absolute Gasteiger partial charge is 0.309 e. The molecule has 0 saturated heterocycles. The second-order valence-electron chi connectivity index (χ2n) is 13.9. The second kappa shape index (κ2) is 13.0. The van der Waals surface area contributed by atoms with Gasteiger partial charge >= 0.3 is 0 Å². The van der Waals surface area contributed by atoms with Gasteiger partial charge in [0.05, 0.1) is 16.6 Å². The van der Waals surface area contributed by atoms with E-state index >= 15 is 0 Å². The number of pyridine rings is 1. The van der Waals surface area contributed by atoms with Crippen molar-refractivity contribution in [3.63, 3.8) is 0 Å². The van der Waals surface area contributed by atoms with Gasteiger partial charge in [-0.15, -0.1) is 0 Å². The van der Waals surface area contributed by atoms with Gasteiger partial charge in [0, 0.05) is 55.8 Å². The lowest BCUT2D eigenvalue weighted by Gasteiger charge is -2.11. The Morgan fingerprint density at radius 3 is 1.52 bits per heavy atom. The Labute approximate surface area is 322 Å². The number of hydrogen-bond acceptors (Lipinski definition) is 4. The van der Waals surface area contributed by atoms with Gasteiger partial charge in [-0.1, -0.05) is 133 Å². The zero-order chi connectivity index (χ0) is 37.0. The molecule has 0 radical (unpaired) electrons. The van der Waals surface area contributed by atoms with Crippen molar-refractivity contribution in [2.45, 2.75) is 0 Å². The Hall–Kier alpha value is -7.70. The molecule has 7 aromatic carbocycles. The van der Waals surface area contributed by atoms with Crippen LogP contribution in [0.2, 0.25) is 0 Å². The van der Waals surface area contributed by atoms with E-state index in [-0.39, 0.29) is 0 Å². The normalized spacial score (nSPS) is 11.6. The molecular weight excluding hydrogens is 685 g/mol. The molecule has 0 N–H and O–H groups in total. The highest BCUT2D eigenvalue weighted by atomic mass is 15.1. The van der Waals surface area contributed by atoms with Gasteiger partial charge in [0.25, 0.3) is 0 Å². The van der Waals surface area contributed by atoms with E-state index in [2.05, 4.69) is 130 Å². The summed E-state index contributed by atoms with van der Waals surface area (Å²) >= 11 is 0. The molecule has 4 heterocycles. The van der Waals surface area contributed by atoms with E-state index in [1.807, 2.05) is 72.9 Å². The van der Waals surface area contributed by atoms with E-state index in [0.717, 1.165) is 66.4 Å². The molecule has 0 spiro atoms. The fourth-order valence-corrected chi connectivity index (χ4v) is 7.99. The van der Waals surface area contributed by atoms with Gasteiger partial charge < -0.3 is 4.57 Å². The topological polar surface area (TPSA) is 61.4 Å². The van der Waals surface area contributed by atoms with Crippen molar-refractivity contribution in [2.75, 3.05) is 0 Å². The molecule has 0 unspecified atom stereocenters. The maximum atomic E-state index is 5.07. The van der Waals surface area contributed by atoms with Crippen molar-refractivity contribution in [3.8, 4) is 56.7 Å². The van der Waals surface area contributed by atoms with Crippen LogP contribution in [0.4, 0.5) is 0 Å². The highest BCUT2D eigenvalue weighted by molar-refractivity contribution is 6.12. The standard InChI is InChI=1S/C50H32N6/c1-4-13-33(14-5-1)34-22-25-38(26-23-34)55-45-29-27-39(56-44-21-11-10-19-40(44)42-20-12-30-51-50(42)56)32-43(45)41-28-24-37(31-46(41)55)49-53-47(35-15-6-2-7-16-35)52-48(54-49)36-17-8-3-9-18-36/h1-32H. The SMILES string of the molecule is c1ccc(-c2ccc(-n3c4ccc(-n5c6ccccc6c6cccnc65)cc4c4ccc(-c5nc(-c6ccccc6)nc(-c6ccccc6)n5)cc43)cc2)cc1. The lowest BCUT2D eigenvalue weighted by Crippen LogP contribution is -2.00. The molecule has 11 aromatic rings. The molecule has 4 aromatic heterocycles. The molecule has 56 heavy (non-hydrogen) atoms. The minimum Gasteiger partial charge on any atom is -0.309 e. The summed E-state index contributed by atoms with van der Waals surface area (Å²) in [5, 5.41) is 4.59. The molecule has 6 heteroatoms.